The SMILES string of the molecule is Nc1cc(CCCOC=O)ncn1. The van der Waals surface area contributed by atoms with Gasteiger partial charge in [-0.1, -0.05) is 0 Å². The molecule has 5 nitrogen and oxygen atoms in total. The van der Waals surface area contributed by atoms with Gasteiger partial charge in [-0.15, -0.1) is 0 Å². The second-order valence-corrected chi connectivity index (χ2v) is 2.50. The van der Waals surface area contributed by atoms with Crippen LogP contribution in [0.25, 0.3) is 0 Å². The third-order valence-corrected chi connectivity index (χ3v) is 1.51. The molecular weight excluding hydrogens is 170 g/mol. The van der Waals surface area contributed by atoms with Crippen LogP contribution in [0.3, 0.4) is 0 Å². The second kappa shape index (κ2) is 5.08. The molecular formula is C8H11N3O2. The van der Waals surface area contributed by atoms with Crippen molar-refractivity contribution in [2.24, 2.45) is 0 Å². The maximum atomic E-state index is 9.80. The molecule has 1 rings (SSSR count). The molecule has 13 heavy (non-hydrogen) atoms. The summed E-state index contributed by atoms with van der Waals surface area (Å²) in [5.74, 6) is 0.460. The number of hydrogen-bond donors (Lipinski definition) is 1. The first-order chi connectivity index (χ1) is 6.33. The minimum Gasteiger partial charge on any atom is -0.468 e. The first kappa shape index (κ1) is 9.44. The highest BCUT2D eigenvalue weighted by Gasteiger charge is 1.95. The molecule has 1 aromatic rings. The Balaban J connectivity index is 2.32. The van der Waals surface area contributed by atoms with E-state index in [4.69, 9.17) is 5.73 Å². The molecule has 70 valence electrons. The normalized spacial score (nSPS) is 9.54. The Labute approximate surface area is 75.9 Å². The van der Waals surface area contributed by atoms with Crippen LogP contribution < -0.4 is 5.73 Å². The lowest BCUT2D eigenvalue weighted by atomic mass is 10.2. The van der Waals surface area contributed by atoms with Crippen LogP contribution in [0.4, 0.5) is 5.82 Å². The predicted molar refractivity (Wildman–Crippen MR) is 46.8 cm³/mol. The van der Waals surface area contributed by atoms with Crippen molar-refractivity contribution in [1.29, 1.82) is 0 Å². The molecule has 1 aromatic heterocycles. The average molecular weight is 181 g/mol. The van der Waals surface area contributed by atoms with E-state index in [9.17, 15) is 4.79 Å². The van der Waals surface area contributed by atoms with Crippen molar-refractivity contribution in [3.63, 3.8) is 0 Å². The van der Waals surface area contributed by atoms with Gasteiger partial charge in [-0.25, -0.2) is 9.97 Å². The first-order valence-corrected chi connectivity index (χ1v) is 3.94. The van der Waals surface area contributed by atoms with Crippen LogP contribution in [-0.2, 0) is 16.0 Å². The van der Waals surface area contributed by atoms with Crippen LogP contribution in [0.5, 0.6) is 0 Å². The molecule has 2 N–H and O–H groups in total. The summed E-state index contributed by atoms with van der Waals surface area (Å²) >= 11 is 0. The molecule has 0 aliphatic carbocycles. The van der Waals surface area contributed by atoms with Gasteiger partial charge in [-0.3, -0.25) is 4.79 Å². The fourth-order valence-corrected chi connectivity index (χ4v) is 0.936. The van der Waals surface area contributed by atoms with E-state index >= 15 is 0 Å². The Hall–Kier alpha value is -1.65. The van der Waals surface area contributed by atoms with Crippen LogP contribution in [-0.4, -0.2) is 23.0 Å². The summed E-state index contributed by atoms with van der Waals surface area (Å²) in [7, 11) is 0. The van der Waals surface area contributed by atoms with Crippen molar-refractivity contribution in [1.82, 2.24) is 9.97 Å². The number of nitrogens with zero attached hydrogens (tertiary/aromatic N) is 2. The minimum atomic E-state index is 0.410. The zero-order valence-electron chi connectivity index (χ0n) is 7.14. The predicted octanol–water partition coefficient (Wildman–Crippen LogP) is 0.164. The molecule has 0 spiro atoms. The molecule has 0 radical (unpaired) electrons. The highest BCUT2D eigenvalue weighted by Crippen LogP contribution is 2.01. The summed E-state index contributed by atoms with van der Waals surface area (Å²) in [5.41, 5.74) is 6.31. The number of rotatable bonds is 5. The van der Waals surface area contributed by atoms with Crippen LogP contribution in [0.1, 0.15) is 12.1 Å². The molecule has 5 heteroatoms. The van der Waals surface area contributed by atoms with E-state index in [0.29, 0.717) is 18.9 Å². The highest BCUT2D eigenvalue weighted by atomic mass is 16.5. The number of carbonyl (C=O) groups excluding carboxylic acids is 1. The Morgan fingerprint density at radius 2 is 2.38 bits per heavy atom. The van der Waals surface area contributed by atoms with Crippen molar-refractivity contribution in [2.45, 2.75) is 12.8 Å². The van der Waals surface area contributed by atoms with E-state index in [1.54, 1.807) is 6.07 Å². The molecule has 0 saturated heterocycles. The van der Waals surface area contributed by atoms with Crippen LogP contribution in [0.2, 0.25) is 0 Å². The number of aromatic nitrogens is 2. The number of ether oxygens (including phenoxy) is 1. The van der Waals surface area contributed by atoms with E-state index in [-0.39, 0.29) is 0 Å². The van der Waals surface area contributed by atoms with Gasteiger partial charge in [0.05, 0.1) is 6.61 Å². The molecule has 0 aliphatic rings. The van der Waals surface area contributed by atoms with Crippen molar-refractivity contribution < 1.29 is 9.53 Å². The average Bonchev–Trinajstić information content (AvgIpc) is 2.13. The fraction of sp³-hybridized carbons (Fsp3) is 0.375. The Morgan fingerprint density at radius 1 is 1.54 bits per heavy atom. The largest absolute Gasteiger partial charge is 0.468 e. The molecule has 0 bridgehead atoms. The van der Waals surface area contributed by atoms with Crippen molar-refractivity contribution in [3.8, 4) is 0 Å². The minimum absolute atomic E-state index is 0.410. The maximum Gasteiger partial charge on any atom is 0.293 e. The molecule has 1 heterocycles. The number of nitrogens with two attached hydrogens (primary N) is 1. The van der Waals surface area contributed by atoms with E-state index in [0.717, 1.165) is 18.5 Å². The van der Waals surface area contributed by atoms with Crippen LogP contribution >= 0.6 is 0 Å². The molecule has 0 amide bonds. The van der Waals surface area contributed by atoms with Crippen molar-refractivity contribution in [2.75, 3.05) is 12.3 Å². The molecule has 0 fully saturated rings. The quantitative estimate of drug-likeness (QED) is 0.517. The van der Waals surface area contributed by atoms with Gasteiger partial charge in [0.15, 0.2) is 0 Å². The molecule has 0 saturated carbocycles. The lowest BCUT2D eigenvalue weighted by Gasteiger charge is -1.99. The highest BCUT2D eigenvalue weighted by molar-refractivity contribution is 5.36. The van der Waals surface area contributed by atoms with E-state index in [2.05, 4.69) is 14.7 Å². The van der Waals surface area contributed by atoms with Gasteiger partial charge in [-0.05, 0) is 12.8 Å². The number of carbonyl (C=O) groups is 1. The standard InChI is InChI=1S/C8H11N3O2/c9-8-4-7(10-5-11-8)2-1-3-13-6-12/h4-6H,1-3H2,(H2,9,10,11). The Bertz CT molecular complexity index is 278. The number of hydrogen-bond acceptors (Lipinski definition) is 5. The summed E-state index contributed by atoms with van der Waals surface area (Å²) in [6.45, 7) is 0.849. The van der Waals surface area contributed by atoms with Gasteiger partial charge in [0.2, 0.25) is 0 Å². The second-order valence-electron chi connectivity index (χ2n) is 2.50. The smallest absolute Gasteiger partial charge is 0.293 e. The molecule has 0 atom stereocenters. The monoisotopic (exact) mass is 181 g/mol. The Morgan fingerprint density at radius 3 is 3.08 bits per heavy atom. The fourth-order valence-electron chi connectivity index (χ4n) is 0.936. The first-order valence-electron chi connectivity index (χ1n) is 3.94. The van der Waals surface area contributed by atoms with Gasteiger partial charge < -0.3 is 10.5 Å². The van der Waals surface area contributed by atoms with Crippen molar-refractivity contribution >= 4 is 12.3 Å². The lowest BCUT2D eigenvalue weighted by Crippen LogP contribution is -1.99. The van der Waals surface area contributed by atoms with Crippen LogP contribution in [0, 0.1) is 0 Å². The topological polar surface area (TPSA) is 78.1 Å². The summed E-state index contributed by atoms with van der Waals surface area (Å²) < 4.78 is 4.53. The van der Waals surface area contributed by atoms with Gasteiger partial charge >= 0.3 is 0 Å². The molecule has 0 aliphatic heterocycles. The van der Waals surface area contributed by atoms with Gasteiger partial charge in [0, 0.05) is 11.8 Å². The third-order valence-electron chi connectivity index (χ3n) is 1.51. The molecule has 0 unspecified atom stereocenters. The van der Waals surface area contributed by atoms with Gasteiger partial charge in [0.1, 0.15) is 12.1 Å². The summed E-state index contributed by atoms with van der Waals surface area (Å²) in [6, 6.07) is 1.71. The summed E-state index contributed by atoms with van der Waals surface area (Å²) in [4.78, 5) is 17.6. The van der Waals surface area contributed by atoms with Crippen LogP contribution in [0.15, 0.2) is 12.4 Å². The Kier molecular flexibility index (Phi) is 3.69. The molecule has 0 aromatic carbocycles. The number of anilines is 1. The number of aryl methyl sites for hydroxylation is 1. The maximum absolute atomic E-state index is 9.80. The van der Waals surface area contributed by atoms with E-state index in [1.165, 1.54) is 6.33 Å². The lowest BCUT2D eigenvalue weighted by molar-refractivity contribution is -0.128. The third kappa shape index (κ3) is 3.50. The number of nitrogen functional groups attached to an aromatic ring is 1. The van der Waals surface area contributed by atoms with E-state index < -0.39 is 0 Å². The summed E-state index contributed by atoms with van der Waals surface area (Å²) in [6.07, 6.45) is 2.90. The van der Waals surface area contributed by atoms with Crippen molar-refractivity contribution in [3.05, 3.63) is 18.1 Å². The van der Waals surface area contributed by atoms with Gasteiger partial charge in [-0.2, -0.15) is 0 Å². The van der Waals surface area contributed by atoms with Gasteiger partial charge in [0.25, 0.3) is 6.47 Å². The zero-order chi connectivity index (χ0) is 9.52. The van der Waals surface area contributed by atoms with E-state index in [1.807, 2.05) is 0 Å². The summed E-state index contributed by atoms with van der Waals surface area (Å²) in [5, 5.41) is 0. The zero-order valence-corrected chi connectivity index (χ0v) is 7.14.